The van der Waals surface area contributed by atoms with Crippen molar-refractivity contribution in [2.75, 3.05) is 16.8 Å². The molecular formula is C9H11BrClN3OS. The van der Waals surface area contributed by atoms with Gasteiger partial charge in [0, 0.05) is 28.3 Å². The highest BCUT2D eigenvalue weighted by molar-refractivity contribution is 9.10. The minimum atomic E-state index is -0.639. The first-order valence-corrected chi connectivity index (χ1v) is 7.60. The molecule has 1 aromatic rings. The van der Waals surface area contributed by atoms with E-state index in [0.29, 0.717) is 21.5 Å². The van der Waals surface area contributed by atoms with Crippen molar-refractivity contribution >= 4 is 44.1 Å². The molecule has 1 saturated heterocycles. The number of nitrogens with one attached hydrogen (secondary N) is 1. The zero-order valence-electron chi connectivity index (χ0n) is 8.45. The second-order valence-electron chi connectivity index (χ2n) is 3.59. The zero-order chi connectivity index (χ0) is 11.5. The largest absolute Gasteiger partial charge is 0.366 e. The summed E-state index contributed by atoms with van der Waals surface area (Å²) in [4.78, 5) is 7.99. The van der Waals surface area contributed by atoms with Gasteiger partial charge in [-0.05, 0) is 28.8 Å². The molecule has 7 heteroatoms. The maximum Gasteiger partial charge on any atom is 0.148 e. The van der Waals surface area contributed by atoms with Gasteiger partial charge in [-0.2, -0.15) is 0 Å². The van der Waals surface area contributed by atoms with E-state index in [1.807, 2.05) is 0 Å². The van der Waals surface area contributed by atoms with E-state index in [-0.39, 0.29) is 0 Å². The van der Waals surface area contributed by atoms with Crippen LogP contribution in [0.25, 0.3) is 0 Å². The Morgan fingerprint density at radius 3 is 2.81 bits per heavy atom. The average molecular weight is 325 g/mol. The van der Waals surface area contributed by atoms with Gasteiger partial charge in [0.1, 0.15) is 17.3 Å². The highest BCUT2D eigenvalue weighted by Gasteiger charge is 2.19. The van der Waals surface area contributed by atoms with Crippen molar-refractivity contribution in [2.24, 2.45) is 0 Å². The maximum absolute atomic E-state index is 11.2. The standard InChI is InChI=1S/C9H11BrClN3OS/c10-7-8(11)12-5-13-9(7)14-6-1-3-16(15)4-2-6/h5-6H,1-4H2,(H,12,13,14). The van der Waals surface area contributed by atoms with Crippen LogP contribution in [-0.4, -0.2) is 31.7 Å². The Bertz CT molecular complexity index is 408. The van der Waals surface area contributed by atoms with E-state index in [1.54, 1.807) is 0 Å². The topological polar surface area (TPSA) is 54.9 Å². The summed E-state index contributed by atoms with van der Waals surface area (Å²) < 4.78 is 11.9. The maximum atomic E-state index is 11.2. The Hall–Kier alpha value is -0.200. The summed E-state index contributed by atoms with van der Waals surface area (Å²) in [5, 5.41) is 3.69. The second kappa shape index (κ2) is 5.42. The van der Waals surface area contributed by atoms with Crippen LogP contribution in [-0.2, 0) is 10.8 Å². The molecule has 1 aliphatic heterocycles. The van der Waals surface area contributed by atoms with Crippen LogP contribution < -0.4 is 5.32 Å². The number of rotatable bonds is 2. The third-order valence-electron chi connectivity index (χ3n) is 2.48. The smallest absolute Gasteiger partial charge is 0.148 e. The number of nitrogens with zero attached hydrogens (tertiary/aromatic N) is 2. The van der Waals surface area contributed by atoms with E-state index in [9.17, 15) is 4.21 Å². The highest BCUT2D eigenvalue weighted by Crippen LogP contribution is 2.27. The van der Waals surface area contributed by atoms with Crippen molar-refractivity contribution in [1.29, 1.82) is 0 Å². The number of hydrogen-bond donors (Lipinski definition) is 1. The SMILES string of the molecule is O=S1CCC(Nc2ncnc(Cl)c2Br)CC1. The molecule has 1 aromatic heterocycles. The fourth-order valence-electron chi connectivity index (χ4n) is 1.58. The van der Waals surface area contributed by atoms with Crippen LogP contribution in [0, 0.1) is 0 Å². The first-order valence-electron chi connectivity index (χ1n) is 4.94. The van der Waals surface area contributed by atoms with Crippen molar-refractivity contribution in [3.63, 3.8) is 0 Å². The predicted octanol–water partition coefficient (Wildman–Crippen LogP) is 2.22. The molecule has 0 atom stereocenters. The first kappa shape index (κ1) is 12.3. The van der Waals surface area contributed by atoms with E-state index < -0.39 is 10.8 Å². The molecule has 0 amide bonds. The third kappa shape index (κ3) is 2.93. The van der Waals surface area contributed by atoms with Crippen LogP contribution in [0.5, 0.6) is 0 Å². The van der Waals surface area contributed by atoms with E-state index >= 15 is 0 Å². The summed E-state index contributed by atoms with van der Waals surface area (Å²) in [6.07, 6.45) is 3.23. The van der Waals surface area contributed by atoms with Crippen molar-refractivity contribution in [2.45, 2.75) is 18.9 Å². The fourth-order valence-corrected chi connectivity index (χ4v) is 3.33. The average Bonchev–Trinajstić information content (AvgIpc) is 2.28. The molecule has 1 aliphatic rings. The lowest BCUT2D eigenvalue weighted by Crippen LogP contribution is -2.29. The summed E-state index contributed by atoms with van der Waals surface area (Å²) >= 11 is 9.21. The monoisotopic (exact) mass is 323 g/mol. The van der Waals surface area contributed by atoms with Crippen LogP contribution >= 0.6 is 27.5 Å². The van der Waals surface area contributed by atoms with Gasteiger partial charge in [0.25, 0.3) is 0 Å². The number of aromatic nitrogens is 2. The Morgan fingerprint density at radius 2 is 2.12 bits per heavy atom. The van der Waals surface area contributed by atoms with Gasteiger partial charge in [-0.15, -0.1) is 0 Å². The lowest BCUT2D eigenvalue weighted by molar-refractivity contribution is 0.622. The van der Waals surface area contributed by atoms with Gasteiger partial charge in [0.05, 0.1) is 4.47 Å². The van der Waals surface area contributed by atoms with Crippen LogP contribution in [0.4, 0.5) is 5.82 Å². The molecule has 0 saturated carbocycles. The molecule has 0 unspecified atom stereocenters. The molecule has 0 aliphatic carbocycles. The minimum absolute atomic E-state index is 0.319. The van der Waals surface area contributed by atoms with Crippen molar-refractivity contribution in [1.82, 2.24) is 9.97 Å². The highest BCUT2D eigenvalue weighted by atomic mass is 79.9. The van der Waals surface area contributed by atoms with Crippen LogP contribution in [0.2, 0.25) is 5.15 Å². The van der Waals surface area contributed by atoms with Gasteiger partial charge >= 0.3 is 0 Å². The van der Waals surface area contributed by atoms with E-state index in [1.165, 1.54) is 6.33 Å². The molecule has 0 aromatic carbocycles. The summed E-state index contributed by atoms with van der Waals surface area (Å²) in [7, 11) is -0.639. The molecular weight excluding hydrogens is 314 g/mol. The number of halogens is 2. The van der Waals surface area contributed by atoms with E-state index in [2.05, 4.69) is 31.2 Å². The molecule has 0 spiro atoms. The van der Waals surface area contributed by atoms with Crippen molar-refractivity contribution in [3.05, 3.63) is 16.0 Å². The Morgan fingerprint density at radius 1 is 1.44 bits per heavy atom. The molecule has 1 fully saturated rings. The molecule has 1 N–H and O–H groups in total. The summed E-state index contributed by atoms with van der Waals surface area (Å²) in [6.45, 7) is 0. The van der Waals surface area contributed by atoms with Crippen LogP contribution in [0.1, 0.15) is 12.8 Å². The first-order chi connectivity index (χ1) is 7.66. The van der Waals surface area contributed by atoms with Gasteiger partial charge in [-0.3, -0.25) is 4.21 Å². The Labute approximate surface area is 110 Å². The van der Waals surface area contributed by atoms with E-state index in [0.717, 1.165) is 24.3 Å². The molecule has 2 heterocycles. The Kier molecular flexibility index (Phi) is 4.16. The second-order valence-corrected chi connectivity index (χ2v) is 6.44. The summed E-state index contributed by atoms with van der Waals surface area (Å²) in [5.74, 6) is 2.22. The molecule has 4 nitrogen and oxygen atoms in total. The molecule has 2 rings (SSSR count). The normalized spacial score (nSPS) is 25.4. The van der Waals surface area contributed by atoms with Gasteiger partial charge < -0.3 is 5.32 Å². The quantitative estimate of drug-likeness (QED) is 0.848. The fraction of sp³-hybridized carbons (Fsp3) is 0.556. The molecule has 0 radical (unpaired) electrons. The Balaban J connectivity index is 2.04. The third-order valence-corrected chi connectivity index (χ3v) is 5.12. The number of hydrogen-bond acceptors (Lipinski definition) is 4. The van der Waals surface area contributed by atoms with Gasteiger partial charge in [0.15, 0.2) is 0 Å². The molecule has 0 bridgehead atoms. The van der Waals surface area contributed by atoms with Gasteiger partial charge in [0.2, 0.25) is 0 Å². The van der Waals surface area contributed by atoms with Gasteiger partial charge in [-0.25, -0.2) is 9.97 Å². The van der Waals surface area contributed by atoms with E-state index in [4.69, 9.17) is 11.6 Å². The summed E-state index contributed by atoms with van der Waals surface area (Å²) in [6, 6.07) is 0.319. The lowest BCUT2D eigenvalue weighted by Gasteiger charge is -2.23. The summed E-state index contributed by atoms with van der Waals surface area (Å²) in [5.41, 5.74) is 0. The molecule has 16 heavy (non-hydrogen) atoms. The lowest BCUT2D eigenvalue weighted by atomic mass is 10.1. The zero-order valence-corrected chi connectivity index (χ0v) is 11.6. The minimum Gasteiger partial charge on any atom is -0.366 e. The van der Waals surface area contributed by atoms with Crippen LogP contribution in [0.3, 0.4) is 0 Å². The predicted molar refractivity (Wildman–Crippen MR) is 69.3 cm³/mol. The molecule has 88 valence electrons. The van der Waals surface area contributed by atoms with Crippen LogP contribution in [0.15, 0.2) is 10.8 Å². The number of anilines is 1. The van der Waals surface area contributed by atoms with Crippen molar-refractivity contribution in [3.8, 4) is 0 Å². The van der Waals surface area contributed by atoms with Gasteiger partial charge in [-0.1, -0.05) is 11.6 Å². The van der Waals surface area contributed by atoms with Crippen molar-refractivity contribution < 1.29 is 4.21 Å².